The van der Waals surface area contributed by atoms with Crippen molar-refractivity contribution in [1.29, 1.82) is 0 Å². The predicted molar refractivity (Wildman–Crippen MR) is 102 cm³/mol. The molecule has 134 valence electrons. The molecule has 0 fully saturated rings. The topological polar surface area (TPSA) is 73.4 Å². The first-order valence-corrected chi connectivity index (χ1v) is 9.01. The zero-order valence-electron chi connectivity index (χ0n) is 15.2. The van der Waals surface area contributed by atoms with Gasteiger partial charge >= 0.3 is 0 Å². The third kappa shape index (κ3) is 3.08. The molecule has 0 bridgehead atoms. The van der Waals surface area contributed by atoms with E-state index in [2.05, 4.69) is 39.5 Å². The zero-order valence-corrected chi connectivity index (χ0v) is 15.2. The Morgan fingerprint density at radius 3 is 2.88 bits per heavy atom. The smallest absolute Gasteiger partial charge is 0.273 e. The van der Waals surface area contributed by atoms with Crippen LogP contribution in [0.4, 0.5) is 0 Å². The predicted octanol–water partition coefficient (Wildman–Crippen LogP) is 2.27. The zero-order chi connectivity index (χ0) is 18.1. The van der Waals surface area contributed by atoms with Gasteiger partial charge in [-0.05, 0) is 69.1 Å². The molecule has 0 spiro atoms. The summed E-state index contributed by atoms with van der Waals surface area (Å²) in [5, 5.41) is 4.22. The van der Waals surface area contributed by atoms with E-state index in [0.717, 1.165) is 30.6 Å². The minimum absolute atomic E-state index is 0.174. The van der Waals surface area contributed by atoms with Gasteiger partial charge in [0.2, 0.25) is 0 Å². The third-order valence-electron chi connectivity index (χ3n) is 4.91. The lowest BCUT2D eigenvalue weighted by atomic mass is 9.93. The molecule has 2 aromatic rings. The number of amides is 1. The summed E-state index contributed by atoms with van der Waals surface area (Å²) in [7, 11) is 4.15. The van der Waals surface area contributed by atoms with Crippen LogP contribution in [0, 0.1) is 0 Å². The van der Waals surface area contributed by atoms with Gasteiger partial charge in [-0.15, -0.1) is 0 Å². The number of hydrogen-bond donors (Lipinski definition) is 2. The molecule has 6 heteroatoms. The summed E-state index contributed by atoms with van der Waals surface area (Å²) in [6, 6.07) is 3.77. The molecule has 2 N–H and O–H groups in total. The van der Waals surface area contributed by atoms with Gasteiger partial charge < -0.3 is 9.88 Å². The number of nitrogens with zero attached hydrogens (tertiary/aromatic N) is 3. The minimum atomic E-state index is -0.174. The van der Waals surface area contributed by atoms with Crippen molar-refractivity contribution in [3.05, 3.63) is 58.2 Å². The number of hydrogen-bond acceptors (Lipinski definition) is 4. The maximum Gasteiger partial charge on any atom is 0.273 e. The van der Waals surface area contributed by atoms with Crippen molar-refractivity contribution in [1.82, 2.24) is 20.3 Å². The number of hydrazone groups is 1. The molecule has 0 saturated carbocycles. The number of aromatic amines is 1. The number of H-pyrrole nitrogens is 1. The number of aryl methyl sites for hydroxylation is 1. The van der Waals surface area contributed by atoms with Crippen LogP contribution in [0.3, 0.4) is 0 Å². The Labute approximate surface area is 153 Å². The molecular formula is C20H23N5O. The van der Waals surface area contributed by atoms with E-state index < -0.39 is 0 Å². The lowest BCUT2D eigenvalue weighted by molar-refractivity contribution is -0.116. The van der Waals surface area contributed by atoms with E-state index in [9.17, 15) is 4.79 Å². The van der Waals surface area contributed by atoms with Gasteiger partial charge in [0.1, 0.15) is 5.71 Å². The maximum atomic E-state index is 12.4. The molecule has 1 aliphatic heterocycles. The molecule has 0 unspecified atom stereocenters. The van der Waals surface area contributed by atoms with Crippen molar-refractivity contribution < 1.29 is 4.79 Å². The molecule has 0 aromatic carbocycles. The fraction of sp³-hybridized carbons (Fsp3) is 0.350. The van der Waals surface area contributed by atoms with Gasteiger partial charge in [-0.1, -0.05) is 0 Å². The van der Waals surface area contributed by atoms with E-state index in [4.69, 9.17) is 0 Å². The molecule has 4 rings (SSSR count). The number of carbonyl (C=O) groups excluding carboxylic acids is 1. The molecule has 6 nitrogen and oxygen atoms in total. The van der Waals surface area contributed by atoms with Crippen LogP contribution in [0.5, 0.6) is 0 Å². The summed E-state index contributed by atoms with van der Waals surface area (Å²) >= 11 is 0. The van der Waals surface area contributed by atoms with Gasteiger partial charge in [0.15, 0.2) is 0 Å². The molecule has 26 heavy (non-hydrogen) atoms. The first kappa shape index (κ1) is 16.7. The van der Waals surface area contributed by atoms with E-state index in [-0.39, 0.29) is 5.91 Å². The lowest BCUT2D eigenvalue weighted by Crippen LogP contribution is -2.15. The van der Waals surface area contributed by atoms with Crippen LogP contribution in [-0.2, 0) is 24.2 Å². The molecule has 1 aliphatic carbocycles. The largest absolute Gasteiger partial charge is 0.358 e. The minimum Gasteiger partial charge on any atom is -0.358 e. The van der Waals surface area contributed by atoms with Gasteiger partial charge in [-0.2, -0.15) is 5.10 Å². The van der Waals surface area contributed by atoms with Gasteiger partial charge in [0, 0.05) is 35.9 Å². The average molecular weight is 349 g/mol. The molecule has 2 aromatic heterocycles. The maximum absolute atomic E-state index is 12.4. The Morgan fingerprint density at radius 2 is 2.12 bits per heavy atom. The second kappa shape index (κ2) is 6.88. The van der Waals surface area contributed by atoms with Crippen molar-refractivity contribution in [3.8, 4) is 0 Å². The van der Waals surface area contributed by atoms with Crippen molar-refractivity contribution in [2.75, 3.05) is 14.1 Å². The number of carbonyl (C=O) groups is 1. The van der Waals surface area contributed by atoms with Crippen molar-refractivity contribution in [2.45, 2.75) is 32.2 Å². The Hall–Kier alpha value is -2.73. The second-order valence-corrected chi connectivity index (χ2v) is 7.12. The molecule has 1 amide bonds. The highest BCUT2D eigenvalue weighted by Gasteiger charge is 2.26. The van der Waals surface area contributed by atoms with Crippen LogP contribution in [-0.4, -0.2) is 40.6 Å². The van der Waals surface area contributed by atoms with Crippen LogP contribution >= 0.6 is 0 Å². The third-order valence-corrected chi connectivity index (χ3v) is 4.91. The number of pyridine rings is 1. The van der Waals surface area contributed by atoms with Gasteiger partial charge in [-0.3, -0.25) is 9.78 Å². The van der Waals surface area contributed by atoms with E-state index in [0.29, 0.717) is 11.3 Å². The van der Waals surface area contributed by atoms with Crippen molar-refractivity contribution in [3.63, 3.8) is 0 Å². The number of nitrogens with one attached hydrogen (secondary N) is 2. The second-order valence-electron chi connectivity index (χ2n) is 7.12. The first-order valence-electron chi connectivity index (χ1n) is 9.01. The fourth-order valence-corrected chi connectivity index (χ4v) is 3.73. The lowest BCUT2D eigenvalue weighted by Gasteiger charge is -2.15. The quantitative estimate of drug-likeness (QED) is 0.832. The van der Waals surface area contributed by atoms with Crippen LogP contribution in [0.25, 0.3) is 6.08 Å². The summed E-state index contributed by atoms with van der Waals surface area (Å²) in [5.74, 6) is -0.174. The monoisotopic (exact) mass is 349 g/mol. The molecule has 0 saturated heterocycles. The van der Waals surface area contributed by atoms with Gasteiger partial charge in [-0.25, -0.2) is 5.43 Å². The van der Waals surface area contributed by atoms with E-state index in [1.807, 2.05) is 18.2 Å². The number of rotatable bonds is 4. The highest BCUT2D eigenvalue weighted by Crippen LogP contribution is 2.30. The Balaban J connectivity index is 1.78. The summed E-state index contributed by atoms with van der Waals surface area (Å²) in [6.45, 7) is 0.853. The Morgan fingerprint density at radius 1 is 1.27 bits per heavy atom. The fourth-order valence-electron chi connectivity index (χ4n) is 3.73. The molecule has 3 heterocycles. The van der Waals surface area contributed by atoms with E-state index >= 15 is 0 Å². The average Bonchev–Trinajstić information content (AvgIpc) is 3.17. The standard InChI is InChI=1S/C20H23N5O/c1-25(2)12-16-14-7-3-4-8-17(14)22-18(16)10-15-19(23-24-20(15)26)13-6-5-9-21-11-13/h5-6,9-11,22H,3-4,7-8,12H2,1-2H3,(H,24,26). The molecular weight excluding hydrogens is 326 g/mol. The van der Waals surface area contributed by atoms with Gasteiger partial charge in [0.05, 0.1) is 5.57 Å². The molecule has 0 radical (unpaired) electrons. The highest BCUT2D eigenvalue weighted by atomic mass is 16.2. The van der Waals surface area contributed by atoms with Crippen LogP contribution in [0.1, 0.15) is 40.9 Å². The van der Waals surface area contributed by atoms with Crippen molar-refractivity contribution in [2.24, 2.45) is 5.10 Å². The van der Waals surface area contributed by atoms with E-state index in [1.54, 1.807) is 12.4 Å². The summed E-state index contributed by atoms with van der Waals surface area (Å²) in [6.07, 6.45) is 10.0. The normalized spacial score (nSPS) is 18.2. The van der Waals surface area contributed by atoms with Crippen LogP contribution < -0.4 is 5.43 Å². The Kier molecular flexibility index (Phi) is 4.42. The van der Waals surface area contributed by atoms with Crippen LogP contribution in [0.15, 0.2) is 35.2 Å². The van der Waals surface area contributed by atoms with Crippen LogP contribution in [0.2, 0.25) is 0 Å². The SMILES string of the molecule is CN(C)Cc1c(C=C2C(=O)NN=C2c2cccnc2)[nH]c2c1CCCC2. The molecule has 0 atom stereocenters. The number of fused-ring (bicyclic) bond motifs is 1. The molecule has 2 aliphatic rings. The summed E-state index contributed by atoms with van der Waals surface area (Å²) in [4.78, 5) is 22.3. The summed E-state index contributed by atoms with van der Waals surface area (Å²) < 4.78 is 0. The Bertz CT molecular complexity index is 892. The highest BCUT2D eigenvalue weighted by molar-refractivity contribution is 6.33. The summed E-state index contributed by atoms with van der Waals surface area (Å²) in [5.41, 5.74) is 9.71. The first-order chi connectivity index (χ1) is 12.6. The number of aromatic nitrogens is 2. The van der Waals surface area contributed by atoms with Gasteiger partial charge in [0.25, 0.3) is 5.91 Å². The van der Waals surface area contributed by atoms with Crippen molar-refractivity contribution >= 4 is 17.7 Å². The van der Waals surface area contributed by atoms with E-state index in [1.165, 1.54) is 29.7 Å².